The zero-order chi connectivity index (χ0) is 19.9. The number of methoxy groups -OCH3 is 1. The minimum Gasteiger partial charge on any atom is -0.497 e. The molecule has 148 valence electrons. The maximum Gasteiger partial charge on any atom is 0.272 e. The van der Waals surface area contributed by atoms with Crippen LogP contribution in [-0.4, -0.2) is 66.5 Å². The highest BCUT2D eigenvalue weighted by atomic mass is 16.5. The molecule has 0 radical (unpaired) electrons. The number of carbonyl (C=O) groups is 2. The van der Waals surface area contributed by atoms with Crippen molar-refractivity contribution >= 4 is 17.6 Å². The molecule has 28 heavy (non-hydrogen) atoms. The van der Waals surface area contributed by atoms with Gasteiger partial charge >= 0.3 is 0 Å². The van der Waals surface area contributed by atoms with Gasteiger partial charge in [-0.2, -0.15) is 0 Å². The Bertz CT molecular complexity index is 842. The van der Waals surface area contributed by atoms with E-state index in [9.17, 15) is 9.59 Å². The average molecular weight is 384 g/mol. The van der Waals surface area contributed by atoms with E-state index in [1.54, 1.807) is 53.3 Å². The highest BCUT2D eigenvalue weighted by molar-refractivity contribution is 5.92. The number of nitrogens with two attached hydrogens (primary N) is 1. The van der Waals surface area contributed by atoms with Crippen LogP contribution in [0.1, 0.15) is 16.9 Å². The monoisotopic (exact) mass is 384 g/mol. The van der Waals surface area contributed by atoms with Crippen LogP contribution in [0, 0.1) is 0 Å². The van der Waals surface area contributed by atoms with Crippen LogP contribution in [0.4, 0.5) is 5.82 Å². The maximum atomic E-state index is 12.6. The molecule has 1 aliphatic rings. The summed E-state index contributed by atoms with van der Waals surface area (Å²) < 4.78 is 10.7. The highest BCUT2D eigenvalue weighted by Gasteiger charge is 2.23. The second kappa shape index (κ2) is 9.07. The Morgan fingerprint density at radius 3 is 2.54 bits per heavy atom. The quantitative estimate of drug-likeness (QED) is 0.837. The van der Waals surface area contributed by atoms with Crippen LogP contribution in [0.5, 0.6) is 11.5 Å². The SMILES string of the molecule is COc1cccc(OCC(=O)N2CCCN(C(=O)c3cccc(N)n3)CC2)c1. The number of pyridine rings is 1. The van der Waals surface area contributed by atoms with E-state index in [0.29, 0.717) is 55.6 Å². The number of ether oxygens (including phenoxy) is 2. The molecule has 2 amide bonds. The molecule has 0 saturated carbocycles. The first-order valence-electron chi connectivity index (χ1n) is 9.13. The fraction of sp³-hybridized carbons (Fsp3) is 0.350. The Morgan fingerprint density at radius 1 is 1.04 bits per heavy atom. The number of anilines is 1. The van der Waals surface area contributed by atoms with Crippen LogP contribution >= 0.6 is 0 Å². The number of nitrogen functional groups attached to an aromatic ring is 1. The maximum absolute atomic E-state index is 12.6. The standard InChI is InChI=1S/C20H24N4O4/c1-27-15-5-2-6-16(13-15)28-14-19(25)23-9-4-10-24(12-11-23)20(26)17-7-3-8-18(21)22-17/h2-3,5-8,13H,4,9-12,14H2,1H3,(H2,21,22). The number of amides is 2. The normalized spacial score (nSPS) is 14.3. The first-order chi connectivity index (χ1) is 13.6. The Kier molecular flexibility index (Phi) is 6.31. The summed E-state index contributed by atoms with van der Waals surface area (Å²) in [4.78, 5) is 32.6. The molecule has 2 N–H and O–H groups in total. The largest absolute Gasteiger partial charge is 0.497 e. The molecule has 1 saturated heterocycles. The van der Waals surface area contributed by atoms with Crippen molar-refractivity contribution in [1.29, 1.82) is 0 Å². The lowest BCUT2D eigenvalue weighted by Gasteiger charge is -2.22. The summed E-state index contributed by atoms with van der Waals surface area (Å²) >= 11 is 0. The van der Waals surface area contributed by atoms with Gasteiger partial charge in [0.25, 0.3) is 11.8 Å². The van der Waals surface area contributed by atoms with Gasteiger partial charge < -0.3 is 25.0 Å². The van der Waals surface area contributed by atoms with Gasteiger partial charge in [-0.1, -0.05) is 12.1 Å². The number of carbonyl (C=O) groups excluding carboxylic acids is 2. The summed E-state index contributed by atoms with van der Waals surface area (Å²) in [5.74, 6) is 1.27. The van der Waals surface area contributed by atoms with Gasteiger partial charge in [0.2, 0.25) is 0 Å². The summed E-state index contributed by atoms with van der Waals surface area (Å²) in [5, 5.41) is 0. The third kappa shape index (κ3) is 4.91. The van der Waals surface area contributed by atoms with Crippen LogP contribution in [0.25, 0.3) is 0 Å². The fourth-order valence-electron chi connectivity index (χ4n) is 3.03. The molecule has 0 spiro atoms. The molecular weight excluding hydrogens is 360 g/mol. The van der Waals surface area contributed by atoms with Gasteiger partial charge in [-0.3, -0.25) is 9.59 Å². The van der Waals surface area contributed by atoms with Gasteiger partial charge in [0.15, 0.2) is 6.61 Å². The number of hydrogen-bond donors (Lipinski definition) is 1. The van der Waals surface area contributed by atoms with E-state index in [-0.39, 0.29) is 18.4 Å². The fourth-order valence-corrected chi connectivity index (χ4v) is 3.03. The molecule has 2 aromatic rings. The van der Waals surface area contributed by atoms with E-state index in [4.69, 9.17) is 15.2 Å². The Balaban J connectivity index is 1.54. The molecule has 1 fully saturated rings. The van der Waals surface area contributed by atoms with Crippen LogP contribution in [0.3, 0.4) is 0 Å². The lowest BCUT2D eigenvalue weighted by molar-refractivity contribution is -0.133. The van der Waals surface area contributed by atoms with Gasteiger partial charge in [-0.25, -0.2) is 4.98 Å². The second-order valence-electron chi connectivity index (χ2n) is 6.44. The smallest absolute Gasteiger partial charge is 0.272 e. The lowest BCUT2D eigenvalue weighted by Crippen LogP contribution is -2.39. The average Bonchev–Trinajstić information content (AvgIpc) is 2.98. The molecule has 1 aromatic carbocycles. The third-order valence-corrected chi connectivity index (χ3v) is 4.53. The van der Waals surface area contributed by atoms with Crippen molar-refractivity contribution < 1.29 is 19.1 Å². The van der Waals surface area contributed by atoms with Gasteiger partial charge in [0.05, 0.1) is 7.11 Å². The van der Waals surface area contributed by atoms with E-state index >= 15 is 0 Å². The van der Waals surface area contributed by atoms with E-state index < -0.39 is 0 Å². The first-order valence-corrected chi connectivity index (χ1v) is 9.13. The first kappa shape index (κ1) is 19.5. The Labute approximate surface area is 163 Å². The summed E-state index contributed by atoms with van der Waals surface area (Å²) in [7, 11) is 1.58. The number of benzene rings is 1. The van der Waals surface area contributed by atoms with Crippen LogP contribution in [0.2, 0.25) is 0 Å². The molecule has 3 rings (SSSR count). The molecule has 1 aliphatic heterocycles. The molecule has 0 bridgehead atoms. The second-order valence-corrected chi connectivity index (χ2v) is 6.44. The minimum absolute atomic E-state index is 0.0577. The third-order valence-electron chi connectivity index (χ3n) is 4.53. The topological polar surface area (TPSA) is 98.0 Å². The van der Waals surface area contributed by atoms with Gasteiger partial charge in [0, 0.05) is 32.2 Å². The lowest BCUT2D eigenvalue weighted by atomic mass is 10.3. The van der Waals surface area contributed by atoms with E-state index in [1.165, 1.54) is 0 Å². The van der Waals surface area contributed by atoms with Crippen molar-refractivity contribution in [3.05, 3.63) is 48.2 Å². The van der Waals surface area contributed by atoms with Crippen LogP contribution in [0.15, 0.2) is 42.5 Å². The molecule has 8 heteroatoms. The van der Waals surface area contributed by atoms with Crippen LogP contribution in [-0.2, 0) is 4.79 Å². The van der Waals surface area contributed by atoms with E-state index in [1.807, 2.05) is 6.07 Å². The summed E-state index contributed by atoms with van der Waals surface area (Å²) in [5.41, 5.74) is 5.98. The molecule has 0 aliphatic carbocycles. The summed E-state index contributed by atoms with van der Waals surface area (Å²) in [6.45, 7) is 1.98. The molecule has 1 aromatic heterocycles. The molecular formula is C20H24N4O4. The Hall–Kier alpha value is -3.29. The van der Waals surface area contributed by atoms with Crippen molar-refractivity contribution in [1.82, 2.24) is 14.8 Å². The zero-order valence-electron chi connectivity index (χ0n) is 15.8. The summed E-state index contributed by atoms with van der Waals surface area (Å²) in [6, 6.07) is 12.1. The van der Waals surface area contributed by atoms with E-state index in [0.717, 1.165) is 0 Å². The number of nitrogens with zero attached hydrogens (tertiary/aromatic N) is 3. The van der Waals surface area contributed by atoms with Crippen molar-refractivity contribution in [2.75, 3.05) is 45.6 Å². The van der Waals surface area contributed by atoms with Crippen molar-refractivity contribution in [2.24, 2.45) is 0 Å². The number of aromatic nitrogens is 1. The minimum atomic E-state index is -0.172. The zero-order valence-corrected chi connectivity index (χ0v) is 15.8. The molecule has 0 atom stereocenters. The predicted octanol–water partition coefficient (Wildman–Crippen LogP) is 1.43. The van der Waals surface area contributed by atoms with Gasteiger partial charge in [0.1, 0.15) is 23.0 Å². The molecule has 2 heterocycles. The summed E-state index contributed by atoms with van der Waals surface area (Å²) in [6.07, 6.45) is 0.693. The Morgan fingerprint density at radius 2 is 1.75 bits per heavy atom. The number of rotatable bonds is 5. The van der Waals surface area contributed by atoms with Crippen molar-refractivity contribution in [2.45, 2.75) is 6.42 Å². The highest BCUT2D eigenvalue weighted by Crippen LogP contribution is 2.19. The van der Waals surface area contributed by atoms with Gasteiger partial charge in [-0.05, 0) is 30.7 Å². The molecule has 8 nitrogen and oxygen atoms in total. The van der Waals surface area contributed by atoms with E-state index in [2.05, 4.69) is 4.98 Å². The van der Waals surface area contributed by atoms with Crippen LogP contribution < -0.4 is 15.2 Å². The molecule has 0 unspecified atom stereocenters. The van der Waals surface area contributed by atoms with Gasteiger partial charge in [-0.15, -0.1) is 0 Å². The predicted molar refractivity (Wildman–Crippen MR) is 104 cm³/mol. The van der Waals surface area contributed by atoms with Crippen molar-refractivity contribution in [3.63, 3.8) is 0 Å². The number of hydrogen-bond acceptors (Lipinski definition) is 6. The van der Waals surface area contributed by atoms with Crippen molar-refractivity contribution in [3.8, 4) is 11.5 Å².